The number of azide groups is 1. The van der Waals surface area contributed by atoms with Crippen molar-refractivity contribution < 1.29 is 27.4 Å². The fourth-order valence-electron chi connectivity index (χ4n) is 2.49. The zero-order valence-corrected chi connectivity index (χ0v) is 15.6. The average molecular weight is 398 g/mol. The lowest BCUT2D eigenvalue weighted by atomic mass is 10.1. The van der Waals surface area contributed by atoms with E-state index in [2.05, 4.69) is 15.3 Å². The molecule has 0 radical (unpaired) electrons. The average Bonchev–Trinajstić information content (AvgIpc) is 3.04. The zero-order chi connectivity index (χ0) is 19.5. The standard InChI is InChI=1S/C16H22N4O6S/c17-20-19-4-5-24-6-7-25-8-9-26-10-11-27(22,23)15-3-1-2-13-14(15)12-18-16(13)21/h1-3H,4-12H2,(H,18,21). The van der Waals surface area contributed by atoms with Crippen LogP contribution in [-0.4, -0.2) is 66.3 Å². The topological polar surface area (TPSA) is 140 Å². The van der Waals surface area contributed by atoms with Crippen molar-refractivity contribution in [3.63, 3.8) is 0 Å². The van der Waals surface area contributed by atoms with E-state index in [0.29, 0.717) is 37.6 Å². The van der Waals surface area contributed by atoms with E-state index in [4.69, 9.17) is 19.7 Å². The van der Waals surface area contributed by atoms with E-state index in [-0.39, 0.29) is 42.9 Å². The molecule has 148 valence electrons. The Morgan fingerprint density at radius 2 is 1.74 bits per heavy atom. The molecule has 0 saturated heterocycles. The van der Waals surface area contributed by atoms with Gasteiger partial charge in [-0.2, -0.15) is 0 Å². The van der Waals surface area contributed by atoms with Gasteiger partial charge in [0, 0.05) is 29.1 Å². The van der Waals surface area contributed by atoms with E-state index in [9.17, 15) is 13.2 Å². The van der Waals surface area contributed by atoms with Crippen LogP contribution in [0, 0.1) is 0 Å². The Morgan fingerprint density at radius 1 is 1.07 bits per heavy atom. The molecule has 1 aromatic rings. The van der Waals surface area contributed by atoms with Crippen LogP contribution >= 0.6 is 0 Å². The van der Waals surface area contributed by atoms with Gasteiger partial charge >= 0.3 is 0 Å². The number of amides is 1. The molecule has 2 rings (SSSR count). The molecule has 11 heteroatoms. The van der Waals surface area contributed by atoms with Crippen molar-refractivity contribution in [2.75, 3.05) is 51.9 Å². The summed E-state index contributed by atoms with van der Waals surface area (Å²) in [6, 6.07) is 4.70. The van der Waals surface area contributed by atoms with Crippen molar-refractivity contribution in [3.8, 4) is 0 Å². The molecule has 0 spiro atoms. The molecule has 0 unspecified atom stereocenters. The van der Waals surface area contributed by atoms with Crippen molar-refractivity contribution in [2.24, 2.45) is 5.11 Å². The molecule has 0 aliphatic carbocycles. The summed E-state index contributed by atoms with van der Waals surface area (Å²) in [6.07, 6.45) is 0. The third-order valence-corrected chi connectivity index (χ3v) is 5.53. The smallest absolute Gasteiger partial charge is 0.251 e. The van der Waals surface area contributed by atoms with Crippen molar-refractivity contribution in [3.05, 3.63) is 39.8 Å². The first kappa shape index (κ1) is 21.1. The minimum Gasteiger partial charge on any atom is -0.379 e. The van der Waals surface area contributed by atoms with Crippen LogP contribution < -0.4 is 5.32 Å². The predicted molar refractivity (Wildman–Crippen MR) is 96.1 cm³/mol. The van der Waals surface area contributed by atoms with Gasteiger partial charge in [0.15, 0.2) is 9.84 Å². The van der Waals surface area contributed by atoms with Crippen molar-refractivity contribution in [1.82, 2.24) is 5.32 Å². The Kier molecular flexibility index (Phi) is 8.49. The quantitative estimate of drug-likeness (QED) is 0.228. The minimum atomic E-state index is -3.53. The van der Waals surface area contributed by atoms with Crippen molar-refractivity contribution in [1.29, 1.82) is 0 Å². The lowest BCUT2D eigenvalue weighted by molar-refractivity contribution is 0.0188. The van der Waals surface area contributed by atoms with Crippen LogP contribution in [0.15, 0.2) is 28.2 Å². The zero-order valence-electron chi connectivity index (χ0n) is 14.8. The van der Waals surface area contributed by atoms with Crippen LogP contribution in [0.25, 0.3) is 10.4 Å². The van der Waals surface area contributed by atoms with Crippen molar-refractivity contribution in [2.45, 2.75) is 11.4 Å². The van der Waals surface area contributed by atoms with E-state index < -0.39 is 9.84 Å². The number of rotatable bonds is 13. The van der Waals surface area contributed by atoms with E-state index in [1.54, 1.807) is 12.1 Å². The summed E-state index contributed by atoms with van der Waals surface area (Å²) in [5.41, 5.74) is 9.02. The van der Waals surface area contributed by atoms with Gasteiger partial charge in [-0.1, -0.05) is 11.2 Å². The Labute approximate surface area is 157 Å². The highest BCUT2D eigenvalue weighted by atomic mass is 32.2. The molecule has 1 heterocycles. The third-order valence-electron chi connectivity index (χ3n) is 3.78. The molecular formula is C16H22N4O6S. The summed E-state index contributed by atoms with van der Waals surface area (Å²) in [5, 5.41) is 5.96. The number of nitrogens with zero attached hydrogens (tertiary/aromatic N) is 3. The summed E-state index contributed by atoms with van der Waals surface area (Å²) in [6.45, 7) is 2.22. The second kappa shape index (κ2) is 10.9. The normalized spacial score (nSPS) is 13.1. The first-order chi connectivity index (χ1) is 13.1. The fourth-order valence-corrected chi connectivity index (χ4v) is 3.89. The molecule has 1 N–H and O–H groups in total. The van der Waals surface area contributed by atoms with Gasteiger partial charge in [-0.3, -0.25) is 4.79 Å². The number of benzene rings is 1. The Morgan fingerprint density at radius 3 is 2.44 bits per heavy atom. The molecule has 0 aromatic heterocycles. The Hall–Kier alpha value is -2.17. The summed E-state index contributed by atoms with van der Waals surface area (Å²) >= 11 is 0. The van der Waals surface area contributed by atoms with Gasteiger partial charge in [-0.25, -0.2) is 8.42 Å². The molecular weight excluding hydrogens is 376 g/mol. The first-order valence-electron chi connectivity index (χ1n) is 8.43. The monoisotopic (exact) mass is 398 g/mol. The van der Waals surface area contributed by atoms with Gasteiger partial charge in [0.1, 0.15) is 0 Å². The van der Waals surface area contributed by atoms with Crippen LogP contribution in [0.5, 0.6) is 0 Å². The van der Waals surface area contributed by atoms with Crippen LogP contribution in [0.4, 0.5) is 0 Å². The van der Waals surface area contributed by atoms with Crippen LogP contribution in [-0.2, 0) is 30.6 Å². The molecule has 0 bridgehead atoms. The third kappa shape index (κ3) is 6.49. The van der Waals surface area contributed by atoms with Crippen LogP contribution in [0.1, 0.15) is 15.9 Å². The SMILES string of the molecule is [N-]=[N+]=NCCOCCOCCOCCS(=O)(=O)c1cccc2c1CNC2=O. The highest BCUT2D eigenvalue weighted by Gasteiger charge is 2.27. The van der Waals surface area contributed by atoms with Crippen LogP contribution in [0.2, 0.25) is 0 Å². The second-order valence-electron chi connectivity index (χ2n) is 5.58. The number of hydrogen-bond donors (Lipinski definition) is 1. The summed E-state index contributed by atoms with van der Waals surface area (Å²) < 4.78 is 40.7. The lowest BCUT2D eigenvalue weighted by Gasteiger charge is -2.09. The highest BCUT2D eigenvalue weighted by Crippen LogP contribution is 2.24. The Bertz CT molecular complexity index is 792. The summed E-state index contributed by atoms with van der Waals surface area (Å²) in [5.74, 6) is -0.419. The summed E-state index contributed by atoms with van der Waals surface area (Å²) in [4.78, 5) is 14.4. The number of hydrogen-bond acceptors (Lipinski definition) is 7. The number of ether oxygens (including phenoxy) is 3. The molecule has 0 saturated carbocycles. The maximum Gasteiger partial charge on any atom is 0.251 e. The van der Waals surface area contributed by atoms with E-state index in [0.717, 1.165) is 0 Å². The van der Waals surface area contributed by atoms with Gasteiger partial charge in [0.2, 0.25) is 0 Å². The van der Waals surface area contributed by atoms with Crippen molar-refractivity contribution >= 4 is 15.7 Å². The number of carbonyl (C=O) groups is 1. The maximum absolute atomic E-state index is 12.5. The number of carbonyl (C=O) groups excluding carboxylic acids is 1. The molecule has 1 aliphatic heterocycles. The summed E-state index contributed by atoms with van der Waals surface area (Å²) in [7, 11) is -3.53. The highest BCUT2D eigenvalue weighted by molar-refractivity contribution is 7.91. The molecule has 27 heavy (non-hydrogen) atoms. The molecule has 0 atom stereocenters. The largest absolute Gasteiger partial charge is 0.379 e. The van der Waals surface area contributed by atoms with Gasteiger partial charge in [-0.05, 0) is 17.7 Å². The van der Waals surface area contributed by atoms with Crippen LogP contribution in [0.3, 0.4) is 0 Å². The number of nitrogens with one attached hydrogen (secondary N) is 1. The Balaban J connectivity index is 1.62. The predicted octanol–water partition coefficient (Wildman–Crippen LogP) is 1.06. The molecule has 1 aliphatic rings. The fraction of sp³-hybridized carbons (Fsp3) is 0.562. The molecule has 10 nitrogen and oxygen atoms in total. The van der Waals surface area contributed by atoms with E-state index in [1.165, 1.54) is 6.07 Å². The minimum absolute atomic E-state index is 0.0411. The number of fused-ring (bicyclic) bond motifs is 1. The van der Waals surface area contributed by atoms with E-state index >= 15 is 0 Å². The molecule has 1 aromatic carbocycles. The molecule has 0 fully saturated rings. The van der Waals surface area contributed by atoms with E-state index in [1.807, 2.05) is 0 Å². The second-order valence-corrected chi connectivity index (χ2v) is 7.65. The van der Waals surface area contributed by atoms with Gasteiger partial charge < -0.3 is 19.5 Å². The maximum atomic E-state index is 12.5. The molecule has 1 amide bonds. The van der Waals surface area contributed by atoms with Gasteiger partial charge in [0.05, 0.1) is 50.3 Å². The first-order valence-corrected chi connectivity index (χ1v) is 10.1. The van der Waals surface area contributed by atoms with Gasteiger partial charge in [0.25, 0.3) is 5.91 Å². The number of sulfone groups is 1. The van der Waals surface area contributed by atoms with Gasteiger partial charge in [-0.15, -0.1) is 0 Å². The lowest BCUT2D eigenvalue weighted by Crippen LogP contribution is -2.17.